The molecule has 1 fully saturated rings. The van der Waals surface area contributed by atoms with E-state index < -0.39 is 26.5 Å². The van der Waals surface area contributed by atoms with Gasteiger partial charge in [-0.3, -0.25) is 4.79 Å². The lowest BCUT2D eigenvalue weighted by molar-refractivity contribution is -0.140. The standard InChI is InChI=1S/C13H16O4S/c1-9(2)18(16,17)11-5-3-10(4-6-11)13(7-8-13)12(14)15/h3-6,9H,7-8H2,1-2H3,(H,14,15). The van der Waals surface area contributed by atoms with Crippen molar-refractivity contribution < 1.29 is 18.3 Å². The molecule has 0 aliphatic heterocycles. The lowest BCUT2D eigenvalue weighted by Gasteiger charge is -2.12. The summed E-state index contributed by atoms with van der Waals surface area (Å²) in [5.74, 6) is -0.832. The molecule has 0 bridgehead atoms. The first-order chi connectivity index (χ1) is 8.30. The molecule has 5 heteroatoms. The maximum Gasteiger partial charge on any atom is 0.314 e. The maximum absolute atomic E-state index is 11.9. The van der Waals surface area contributed by atoms with Gasteiger partial charge in [-0.1, -0.05) is 12.1 Å². The van der Waals surface area contributed by atoms with Crippen molar-refractivity contribution in [1.82, 2.24) is 0 Å². The van der Waals surface area contributed by atoms with Crippen molar-refractivity contribution in [3.63, 3.8) is 0 Å². The van der Waals surface area contributed by atoms with Gasteiger partial charge in [-0.2, -0.15) is 0 Å². The molecule has 0 saturated heterocycles. The summed E-state index contributed by atoms with van der Waals surface area (Å²) in [7, 11) is -3.29. The Kier molecular flexibility index (Phi) is 2.97. The fourth-order valence-corrected chi connectivity index (χ4v) is 3.05. The molecule has 0 heterocycles. The van der Waals surface area contributed by atoms with Crippen molar-refractivity contribution in [3.05, 3.63) is 29.8 Å². The molecule has 0 spiro atoms. The lowest BCUT2D eigenvalue weighted by Crippen LogP contribution is -2.20. The summed E-state index contributed by atoms with van der Waals surface area (Å²) >= 11 is 0. The van der Waals surface area contributed by atoms with Crippen molar-refractivity contribution >= 4 is 15.8 Å². The average molecular weight is 268 g/mol. The van der Waals surface area contributed by atoms with Crippen molar-refractivity contribution in [3.8, 4) is 0 Å². The lowest BCUT2D eigenvalue weighted by atomic mass is 9.96. The minimum Gasteiger partial charge on any atom is -0.481 e. The van der Waals surface area contributed by atoms with Gasteiger partial charge in [0.15, 0.2) is 9.84 Å². The molecule has 0 aromatic heterocycles. The zero-order chi connectivity index (χ0) is 13.6. The monoisotopic (exact) mass is 268 g/mol. The second-order valence-electron chi connectivity index (χ2n) is 5.01. The van der Waals surface area contributed by atoms with Crippen LogP contribution in [0.5, 0.6) is 0 Å². The maximum atomic E-state index is 11.9. The van der Waals surface area contributed by atoms with Crippen molar-refractivity contribution in [2.75, 3.05) is 0 Å². The topological polar surface area (TPSA) is 71.4 Å². The smallest absolute Gasteiger partial charge is 0.314 e. The van der Waals surface area contributed by atoms with Crippen LogP contribution in [0.4, 0.5) is 0 Å². The molecule has 0 atom stereocenters. The highest BCUT2D eigenvalue weighted by atomic mass is 32.2. The van der Waals surface area contributed by atoms with Gasteiger partial charge in [0.2, 0.25) is 0 Å². The quantitative estimate of drug-likeness (QED) is 0.906. The van der Waals surface area contributed by atoms with Crippen molar-refractivity contribution in [2.45, 2.75) is 42.2 Å². The third kappa shape index (κ3) is 1.92. The third-order valence-corrected chi connectivity index (χ3v) is 5.69. The van der Waals surface area contributed by atoms with Gasteiger partial charge in [0.05, 0.1) is 15.6 Å². The van der Waals surface area contributed by atoms with Gasteiger partial charge in [-0.25, -0.2) is 8.42 Å². The summed E-state index contributed by atoms with van der Waals surface area (Å²) in [6.45, 7) is 3.26. The van der Waals surface area contributed by atoms with Gasteiger partial charge in [-0.15, -0.1) is 0 Å². The molecule has 0 radical (unpaired) electrons. The number of benzene rings is 1. The largest absolute Gasteiger partial charge is 0.481 e. The average Bonchev–Trinajstić information content (AvgIpc) is 3.10. The second-order valence-corrected chi connectivity index (χ2v) is 7.51. The molecule has 1 aromatic rings. The Morgan fingerprint density at radius 1 is 1.22 bits per heavy atom. The number of sulfone groups is 1. The molecule has 1 aliphatic rings. The number of carbonyl (C=O) groups is 1. The molecular weight excluding hydrogens is 252 g/mol. The predicted octanol–water partition coefficient (Wildman–Crippen LogP) is 1.98. The van der Waals surface area contributed by atoms with E-state index in [-0.39, 0.29) is 4.90 Å². The first-order valence-electron chi connectivity index (χ1n) is 5.88. The van der Waals surface area contributed by atoms with Crippen molar-refractivity contribution in [1.29, 1.82) is 0 Å². The SMILES string of the molecule is CC(C)S(=O)(=O)c1ccc(C2(C(=O)O)CC2)cc1. The van der Waals surface area contributed by atoms with Gasteiger partial charge in [0, 0.05) is 0 Å². The molecule has 1 N–H and O–H groups in total. The van der Waals surface area contributed by atoms with Gasteiger partial charge in [-0.05, 0) is 44.4 Å². The van der Waals surface area contributed by atoms with E-state index in [2.05, 4.69) is 0 Å². The van der Waals surface area contributed by atoms with Crippen LogP contribution >= 0.6 is 0 Å². The van der Waals surface area contributed by atoms with Crippen LogP contribution in [-0.4, -0.2) is 24.7 Å². The van der Waals surface area contributed by atoms with E-state index in [1.807, 2.05) is 0 Å². The molecule has 98 valence electrons. The van der Waals surface area contributed by atoms with Crippen LogP contribution in [0.3, 0.4) is 0 Å². The van der Waals surface area contributed by atoms with Crippen LogP contribution < -0.4 is 0 Å². The van der Waals surface area contributed by atoms with Crippen LogP contribution in [0.1, 0.15) is 32.3 Å². The summed E-state index contributed by atoms with van der Waals surface area (Å²) in [6, 6.07) is 6.26. The van der Waals surface area contributed by atoms with Crippen LogP contribution in [0, 0.1) is 0 Å². The van der Waals surface area contributed by atoms with Gasteiger partial charge in [0.1, 0.15) is 0 Å². The normalized spacial score (nSPS) is 17.7. The van der Waals surface area contributed by atoms with Gasteiger partial charge < -0.3 is 5.11 Å². The highest BCUT2D eigenvalue weighted by molar-refractivity contribution is 7.92. The van der Waals surface area contributed by atoms with E-state index in [4.69, 9.17) is 5.11 Å². The number of carboxylic acid groups (broad SMARTS) is 1. The fraction of sp³-hybridized carbons (Fsp3) is 0.462. The summed E-state index contributed by atoms with van der Waals surface area (Å²) in [6.07, 6.45) is 1.25. The molecule has 1 aliphatic carbocycles. The Morgan fingerprint density at radius 3 is 2.06 bits per heavy atom. The molecule has 0 unspecified atom stereocenters. The molecule has 0 amide bonds. The highest BCUT2D eigenvalue weighted by Crippen LogP contribution is 2.48. The molecule has 4 nitrogen and oxygen atoms in total. The second kappa shape index (κ2) is 4.09. The first-order valence-corrected chi connectivity index (χ1v) is 7.43. The minimum absolute atomic E-state index is 0.252. The Bertz CT molecular complexity index is 566. The molecule has 18 heavy (non-hydrogen) atoms. The zero-order valence-corrected chi connectivity index (χ0v) is 11.2. The van der Waals surface area contributed by atoms with E-state index in [0.29, 0.717) is 18.4 Å². The van der Waals surface area contributed by atoms with Crippen LogP contribution in [0.15, 0.2) is 29.2 Å². The molecule has 1 aromatic carbocycles. The first kappa shape index (κ1) is 13.1. The Labute approximate surface area is 107 Å². The van der Waals surface area contributed by atoms with E-state index >= 15 is 0 Å². The Balaban J connectivity index is 2.35. The summed E-state index contributed by atoms with van der Waals surface area (Å²) in [5.41, 5.74) is -0.0853. The van der Waals surface area contributed by atoms with Crippen LogP contribution in [0.25, 0.3) is 0 Å². The van der Waals surface area contributed by atoms with E-state index in [9.17, 15) is 13.2 Å². The summed E-state index contributed by atoms with van der Waals surface area (Å²) in [5, 5.41) is 8.68. The molecule has 2 rings (SSSR count). The van der Waals surface area contributed by atoms with Gasteiger partial charge in [0.25, 0.3) is 0 Å². The fourth-order valence-electron chi connectivity index (χ4n) is 1.99. The number of hydrogen-bond donors (Lipinski definition) is 1. The van der Waals surface area contributed by atoms with E-state index in [0.717, 1.165) is 0 Å². The summed E-state index contributed by atoms with van der Waals surface area (Å²) in [4.78, 5) is 11.4. The van der Waals surface area contributed by atoms with E-state index in [1.54, 1.807) is 26.0 Å². The van der Waals surface area contributed by atoms with Crippen molar-refractivity contribution in [2.24, 2.45) is 0 Å². The Morgan fingerprint density at radius 2 is 1.72 bits per heavy atom. The van der Waals surface area contributed by atoms with E-state index in [1.165, 1.54) is 12.1 Å². The van der Waals surface area contributed by atoms with Crippen LogP contribution in [0.2, 0.25) is 0 Å². The number of rotatable bonds is 4. The van der Waals surface area contributed by atoms with Crippen LogP contribution in [-0.2, 0) is 20.0 Å². The predicted molar refractivity (Wildman–Crippen MR) is 67.3 cm³/mol. The third-order valence-electron chi connectivity index (χ3n) is 3.52. The highest BCUT2D eigenvalue weighted by Gasteiger charge is 2.51. The summed E-state index contributed by atoms with van der Waals surface area (Å²) < 4.78 is 23.9. The number of aliphatic carboxylic acids is 1. The molecular formula is C13H16O4S. The molecule has 1 saturated carbocycles. The Hall–Kier alpha value is -1.36. The number of hydrogen-bond acceptors (Lipinski definition) is 3. The zero-order valence-electron chi connectivity index (χ0n) is 10.4. The minimum atomic E-state index is -3.29. The van der Waals surface area contributed by atoms with Gasteiger partial charge >= 0.3 is 5.97 Å². The number of carboxylic acids is 1.